The molecule has 0 unspecified atom stereocenters. The van der Waals surface area contributed by atoms with Gasteiger partial charge in [-0.15, -0.1) is 0 Å². The van der Waals surface area contributed by atoms with Crippen LogP contribution in [0, 0.1) is 0 Å². The summed E-state index contributed by atoms with van der Waals surface area (Å²) >= 11 is 0. The van der Waals surface area contributed by atoms with Crippen LogP contribution in [0.2, 0.25) is 0 Å². The third kappa shape index (κ3) is 3.63. The zero-order chi connectivity index (χ0) is 15.8. The summed E-state index contributed by atoms with van der Waals surface area (Å²) < 4.78 is 33.6. The van der Waals surface area contributed by atoms with E-state index in [4.69, 9.17) is 9.84 Å². The molecular weight excluding hydrogens is 296 g/mol. The van der Waals surface area contributed by atoms with Crippen molar-refractivity contribution in [3.63, 3.8) is 0 Å². The number of aromatic carboxylic acids is 1. The van der Waals surface area contributed by atoms with Crippen LogP contribution in [0.1, 0.15) is 43.2 Å². The molecule has 1 saturated carbocycles. The number of aromatic nitrogens is 1. The Bertz CT molecular complexity index is 644. The van der Waals surface area contributed by atoms with Gasteiger partial charge < -0.3 is 14.4 Å². The van der Waals surface area contributed by atoms with E-state index in [0.717, 1.165) is 12.8 Å². The van der Waals surface area contributed by atoms with Crippen LogP contribution in [-0.4, -0.2) is 43.3 Å². The van der Waals surface area contributed by atoms with Crippen molar-refractivity contribution >= 4 is 16.0 Å². The molecule has 1 heterocycles. The molecule has 0 amide bonds. The molecule has 8 heteroatoms. The van der Waals surface area contributed by atoms with E-state index < -0.39 is 21.6 Å². The fourth-order valence-corrected chi connectivity index (χ4v) is 3.07. The zero-order valence-corrected chi connectivity index (χ0v) is 13.1. The molecule has 0 aliphatic heterocycles. The second-order valence-electron chi connectivity index (χ2n) is 5.79. The molecular formula is C13H20N2O5S. The van der Waals surface area contributed by atoms with E-state index >= 15 is 0 Å². The lowest BCUT2D eigenvalue weighted by Crippen LogP contribution is -2.39. The molecule has 0 bridgehead atoms. The highest BCUT2D eigenvalue weighted by molar-refractivity contribution is 7.89. The van der Waals surface area contributed by atoms with Crippen molar-refractivity contribution in [2.24, 2.45) is 0 Å². The Labute approximate surface area is 124 Å². The number of hydrogen-bond donors (Lipinski definition) is 2. The largest absolute Gasteiger partial charge is 0.477 e. The minimum absolute atomic E-state index is 0.00359. The molecule has 1 aliphatic carbocycles. The fourth-order valence-electron chi connectivity index (χ4n) is 1.85. The molecule has 0 atom stereocenters. The molecule has 1 aliphatic rings. The van der Waals surface area contributed by atoms with Gasteiger partial charge in [0.05, 0.1) is 5.60 Å². The van der Waals surface area contributed by atoms with Crippen LogP contribution >= 0.6 is 0 Å². The van der Waals surface area contributed by atoms with E-state index in [1.54, 1.807) is 13.8 Å². The lowest BCUT2D eigenvalue weighted by atomic mass is 10.1. The molecule has 1 aromatic rings. The highest BCUT2D eigenvalue weighted by Crippen LogP contribution is 2.37. The third-order valence-corrected chi connectivity index (χ3v) is 4.90. The van der Waals surface area contributed by atoms with E-state index in [2.05, 4.69) is 4.72 Å². The molecule has 0 spiro atoms. The van der Waals surface area contributed by atoms with Crippen molar-refractivity contribution in [1.29, 1.82) is 0 Å². The molecule has 0 radical (unpaired) electrons. The monoisotopic (exact) mass is 316 g/mol. The number of carboxylic acids is 1. The molecule has 7 nitrogen and oxygen atoms in total. The molecule has 2 N–H and O–H groups in total. The van der Waals surface area contributed by atoms with E-state index in [1.807, 2.05) is 0 Å². The minimum Gasteiger partial charge on any atom is -0.477 e. The number of nitrogens with zero attached hydrogens (tertiary/aromatic N) is 1. The second-order valence-corrected chi connectivity index (χ2v) is 7.56. The summed E-state index contributed by atoms with van der Waals surface area (Å²) in [6, 6.07) is 1.29. The second kappa shape index (κ2) is 5.43. The average molecular weight is 316 g/mol. The SMILES string of the molecule is COC(C)(C)CNS(=O)(=O)c1cc(C(=O)O)n(C2CC2)c1. The first kappa shape index (κ1) is 16.0. The van der Waals surface area contributed by atoms with Crippen LogP contribution in [-0.2, 0) is 14.8 Å². The maximum atomic E-state index is 12.3. The lowest BCUT2D eigenvalue weighted by Gasteiger charge is -2.22. The van der Waals surface area contributed by atoms with Crippen molar-refractivity contribution in [3.8, 4) is 0 Å². The van der Waals surface area contributed by atoms with E-state index in [-0.39, 0.29) is 23.2 Å². The number of rotatable bonds is 7. The van der Waals surface area contributed by atoms with Crippen LogP contribution < -0.4 is 4.72 Å². The Morgan fingerprint density at radius 1 is 1.52 bits per heavy atom. The highest BCUT2D eigenvalue weighted by Gasteiger charge is 2.31. The Morgan fingerprint density at radius 2 is 2.14 bits per heavy atom. The molecule has 2 rings (SSSR count). The van der Waals surface area contributed by atoms with Gasteiger partial charge >= 0.3 is 5.97 Å². The van der Waals surface area contributed by atoms with E-state index in [9.17, 15) is 13.2 Å². The number of ether oxygens (including phenoxy) is 1. The van der Waals surface area contributed by atoms with Gasteiger partial charge in [-0.05, 0) is 32.8 Å². The molecule has 118 valence electrons. The van der Waals surface area contributed by atoms with Gasteiger partial charge in [-0.3, -0.25) is 0 Å². The summed E-state index contributed by atoms with van der Waals surface area (Å²) in [4.78, 5) is 11.2. The first-order valence-electron chi connectivity index (χ1n) is 6.66. The van der Waals surface area contributed by atoms with Gasteiger partial charge in [0.15, 0.2) is 0 Å². The first-order valence-corrected chi connectivity index (χ1v) is 8.14. The van der Waals surface area contributed by atoms with Crippen molar-refractivity contribution in [1.82, 2.24) is 9.29 Å². The lowest BCUT2D eigenvalue weighted by molar-refractivity contribution is 0.0276. The highest BCUT2D eigenvalue weighted by atomic mass is 32.2. The Hall–Kier alpha value is -1.38. The maximum absolute atomic E-state index is 12.3. The smallest absolute Gasteiger partial charge is 0.352 e. The fraction of sp³-hybridized carbons (Fsp3) is 0.615. The van der Waals surface area contributed by atoms with Crippen molar-refractivity contribution < 1.29 is 23.1 Å². The first-order chi connectivity index (χ1) is 9.66. The number of methoxy groups -OCH3 is 1. The quantitative estimate of drug-likeness (QED) is 0.788. The van der Waals surface area contributed by atoms with Gasteiger partial charge in [-0.25, -0.2) is 17.9 Å². The van der Waals surface area contributed by atoms with Gasteiger partial charge in [0.25, 0.3) is 0 Å². The number of hydrogen-bond acceptors (Lipinski definition) is 4. The predicted octanol–water partition coefficient (Wildman–Crippen LogP) is 1.22. The Balaban J connectivity index is 2.24. The number of carbonyl (C=O) groups is 1. The van der Waals surface area contributed by atoms with Gasteiger partial charge in [-0.1, -0.05) is 0 Å². The number of sulfonamides is 1. The summed E-state index contributed by atoms with van der Waals surface area (Å²) in [6.07, 6.45) is 3.14. The predicted molar refractivity (Wildman–Crippen MR) is 75.9 cm³/mol. The standard InChI is InChI=1S/C13H20N2O5S/c1-13(2,20-3)8-14-21(18,19)10-6-11(12(16)17)15(7-10)9-4-5-9/h6-7,9,14H,4-5,8H2,1-3H3,(H,16,17). The van der Waals surface area contributed by atoms with Crippen molar-refractivity contribution in [2.75, 3.05) is 13.7 Å². The van der Waals surface area contributed by atoms with Crippen molar-refractivity contribution in [2.45, 2.75) is 43.2 Å². The van der Waals surface area contributed by atoms with E-state index in [1.165, 1.54) is 23.9 Å². The third-order valence-electron chi connectivity index (χ3n) is 3.53. The van der Waals surface area contributed by atoms with Crippen LogP contribution in [0.15, 0.2) is 17.2 Å². The molecule has 1 aromatic heterocycles. The van der Waals surface area contributed by atoms with Gasteiger partial charge in [0, 0.05) is 25.9 Å². The summed E-state index contributed by atoms with van der Waals surface area (Å²) in [5.74, 6) is -1.12. The molecule has 21 heavy (non-hydrogen) atoms. The maximum Gasteiger partial charge on any atom is 0.352 e. The summed E-state index contributed by atoms with van der Waals surface area (Å²) in [5.41, 5.74) is -0.634. The Kier molecular flexibility index (Phi) is 4.14. The minimum atomic E-state index is -3.76. The average Bonchev–Trinajstić information content (AvgIpc) is 3.14. The molecule has 0 saturated heterocycles. The summed E-state index contributed by atoms with van der Waals surface area (Å²) in [7, 11) is -2.26. The molecule has 1 fully saturated rings. The van der Waals surface area contributed by atoms with Gasteiger partial charge in [-0.2, -0.15) is 0 Å². The normalized spacial score (nSPS) is 16.1. The summed E-state index contributed by atoms with van der Waals surface area (Å²) in [5, 5.41) is 9.16. The van der Waals surface area contributed by atoms with Gasteiger partial charge in [0.2, 0.25) is 10.0 Å². The summed E-state index contributed by atoms with van der Waals surface area (Å²) in [6.45, 7) is 3.62. The number of carboxylic acid groups (broad SMARTS) is 1. The Morgan fingerprint density at radius 3 is 2.62 bits per heavy atom. The van der Waals surface area contributed by atoms with Crippen LogP contribution in [0.4, 0.5) is 0 Å². The van der Waals surface area contributed by atoms with E-state index in [0.29, 0.717) is 0 Å². The zero-order valence-electron chi connectivity index (χ0n) is 12.3. The van der Waals surface area contributed by atoms with Crippen molar-refractivity contribution in [3.05, 3.63) is 18.0 Å². The topological polar surface area (TPSA) is 97.6 Å². The molecule has 0 aromatic carbocycles. The van der Waals surface area contributed by atoms with Crippen LogP contribution in [0.25, 0.3) is 0 Å². The van der Waals surface area contributed by atoms with Gasteiger partial charge in [0.1, 0.15) is 10.6 Å². The van der Waals surface area contributed by atoms with Crippen LogP contribution in [0.5, 0.6) is 0 Å². The van der Waals surface area contributed by atoms with Crippen LogP contribution in [0.3, 0.4) is 0 Å². The number of nitrogens with one attached hydrogen (secondary N) is 1.